The van der Waals surface area contributed by atoms with Crippen molar-refractivity contribution in [3.63, 3.8) is 0 Å². The highest BCUT2D eigenvalue weighted by Gasteiger charge is 2.27. The first-order valence-electron chi connectivity index (χ1n) is 4.52. The van der Waals surface area contributed by atoms with Gasteiger partial charge in [-0.1, -0.05) is 20.8 Å². The number of aryl methyl sites for hydroxylation is 1. The maximum absolute atomic E-state index is 11.0. The molecule has 0 spiro atoms. The Morgan fingerprint density at radius 2 is 1.93 bits per heavy atom. The number of aromatic carboxylic acids is 1. The predicted octanol–water partition coefficient (Wildman–Crippen LogP) is 1.72. The fourth-order valence-electron chi connectivity index (χ4n) is 1.66. The summed E-state index contributed by atoms with van der Waals surface area (Å²) in [5.74, 6) is -0.960. The third kappa shape index (κ3) is 1.64. The van der Waals surface area contributed by atoms with Crippen molar-refractivity contribution in [1.82, 2.24) is 9.78 Å². The molecule has 14 heavy (non-hydrogen) atoms. The summed E-state index contributed by atoms with van der Waals surface area (Å²) >= 11 is 0. The lowest BCUT2D eigenvalue weighted by atomic mass is 9.85. The zero-order valence-corrected chi connectivity index (χ0v) is 9.25. The van der Waals surface area contributed by atoms with Gasteiger partial charge < -0.3 is 5.11 Å². The Hall–Kier alpha value is -1.32. The number of carboxylic acid groups (broad SMARTS) is 1. The molecule has 0 aliphatic carbocycles. The molecule has 1 heterocycles. The van der Waals surface area contributed by atoms with E-state index in [1.165, 1.54) is 0 Å². The summed E-state index contributed by atoms with van der Waals surface area (Å²) in [6, 6.07) is 0. The van der Waals surface area contributed by atoms with Gasteiger partial charge in [0.2, 0.25) is 0 Å². The van der Waals surface area contributed by atoms with Gasteiger partial charge in [-0.25, -0.2) is 4.79 Å². The number of carbonyl (C=O) groups is 1. The van der Waals surface area contributed by atoms with Gasteiger partial charge in [-0.2, -0.15) is 5.10 Å². The number of hydrogen-bond acceptors (Lipinski definition) is 2. The average Bonchev–Trinajstić information content (AvgIpc) is 2.27. The minimum absolute atomic E-state index is 0.164. The summed E-state index contributed by atoms with van der Waals surface area (Å²) < 4.78 is 1.62. The summed E-state index contributed by atoms with van der Waals surface area (Å²) in [5.41, 5.74) is 1.70. The summed E-state index contributed by atoms with van der Waals surface area (Å²) in [6.45, 7) is 7.86. The fraction of sp³-hybridized carbons (Fsp3) is 0.600. The number of nitrogens with zero attached hydrogens (tertiary/aromatic N) is 2. The molecule has 0 aliphatic rings. The van der Waals surface area contributed by atoms with E-state index in [-0.39, 0.29) is 11.1 Å². The first-order valence-corrected chi connectivity index (χ1v) is 4.52. The predicted molar refractivity (Wildman–Crippen MR) is 53.6 cm³/mol. The molecule has 0 saturated carbocycles. The van der Waals surface area contributed by atoms with Crippen LogP contribution in [0.2, 0.25) is 0 Å². The lowest BCUT2D eigenvalue weighted by Crippen LogP contribution is -2.16. The molecule has 4 heteroatoms. The van der Waals surface area contributed by atoms with Crippen LogP contribution in [0.25, 0.3) is 0 Å². The first kappa shape index (κ1) is 10.8. The Kier molecular flexibility index (Phi) is 2.39. The maximum atomic E-state index is 11.0. The second kappa shape index (κ2) is 3.12. The lowest BCUT2D eigenvalue weighted by molar-refractivity contribution is 0.0687. The van der Waals surface area contributed by atoms with Crippen LogP contribution in [0.1, 0.15) is 42.5 Å². The van der Waals surface area contributed by atoms with Gasteiger partial charge >= 0.3 is 5.97 Å². The Bertz CT molecular complexity index is 372. The minimum atomic E-state index is -0.960. The fourth-order valence-corrected chi connectivity index (χ4v) is 1.66. The maximum Gasteiger partial charge on any atom is 0.356 e. The van der Waals surface area contributed by atoms with Crippen molar-refractivity contribution in [1.29, 1.82) is 0 Å². The Morgan fingerprint density at radius 1 is 1.43 bits per heavy atom. The Balaban J connectivity index is 3.46. The van der Waals surface area contributed by atoms with Crippen molar-refractivity contribution >= 4 is 5.97 Å². The summed E-state index contributed by atoms with van der Waals surface area (Å²) in [6.07, 6.45) is 0. The van der Waals surface area contributed by atoms with Crippen molar-refractivity contribution in [3.8, 4) is 0 Å². The third-order valence-corrected chi connectivity index (χ3v) is 2.29. The SMILES string of the molecule is Cc1c(C(C)(C)C)c(C(=O)O)nn1C. The van der Waals surface area contributed by atoms with Crippen molar-refractivity contribution < 1.29 is 9.90 Å². The van der Waals surface area contributed by atoms with Gasteiger partial charge in [0, 0.05) is 18.3 Å². The zero-order valence-electron chi connectivity index (χ0n) is 9.25. The molecule has 1 N–H and O–H groups in total. The van der Waals surface area contributed by atoms with Gasteiger partial charge in [-0.3, -0.25) is 4.68 Å². The highest BCUT2D eigenvalue weighted by Crippen LogP contribution is 2.28. The van der Waals surface area contributed by atoms with E-state index in [0.29, 0.717) is 0 Å². The highest BCUT2D eigenvalue weighted by atomic mass is 16.4. The van der Waals surface area contributed by atoms with Crippen LogP contribution in [0.15, 0.2) is 0 Å². The summed E-state index contributed by atoms with van der Waals surface area (Å²) in [7, 11) is 1.76. The first-order chi connectivity index (χ1) is 6.25. The third-order valence-electron chi connectivity index (χ3n) is 2.29. The van der Waals surface area contributed by atoms with Gasteiger partial charge in [0.05, 0.1) is 0 Å². The Morgan fingerprint density at radius 3 is 2.21 bits per heavy atom. The quantitative estimate of drug-likeness (QED) is 0.744. The van der Waals surface area contributed by atoms with E-state index in [1.54, 1.807) is 11.7 Å². The molecular weight excluding hydrogens is 180 g/mol. The zero-order chi connectivity index (χ0) is 11.1. The minimum Gasteiger partial charge on any atom is -0.476 e. The number of rotatable bonds is 1. The van der Waals surface area contributed by atoms with Gasteiger partial charge in [0.1, 0.15) is 0 Å². The van der Waals surface area contributed by atoms with Crippen LogP contribution in [0.5, 0.6) is 0 Å². The second-order valence-electron chi connectivity index (χ2n) is 4.49. The van der Waals surface area contributed by atoms with E-state index >= 15 is 0 Å². The van der Waals surface area contributed by atoms with Crippen LogP contribution in [0.4, 0.5) is 0 Å². The standard InChI is InChI=1S/C10H16N2O2/c1-6-7(10(2,3)4)8(9(13)14)11-12(6)5/h1-5H3,(H,13,14). The Labute approximate surface area is 83.5 Å². The van der Waals surface area contributed by atoms with Crippen molar-refractivity contribution in [2.24, 2.45) is 7.05 Å². The smallest absolute Gasteiger partial charge is 0.356 e. The van der Waals surface area contributed by atoms with Gasteiger partial charge in [-0.15, -0.1) is 0 Å². The molecule has 0 radical (unpaired) electrons. The van der Waals surface area contributed by atoms with E-state index in [4.69, 9.17) is 5.11 Å². The van der Waals surface area contributed by atoms with Crippen LogP contribution in [-0.4, -0.2) is 20.9 Å². The topological polar surface area (TPSA) is 55.1 Å². The monoisotopic (exact) mass is 196 g/mol. The van der Waals surface area contributed by atoms with Crippen molar-refractivity contribution in [2.75, 3.05) is 0 Å². The molecule has 0 bridgehead atoms. The van der Waals surface area contributed by atoms with E-state index in [9.17, 15) is 4.79 Å². The molecule has 78 valence electrons. The molecule has 0 saturated heterocycles. The molecule has 4 nitrogen and oxygen atoms in total. The van der Waals surface area contributed by atoms with Crippen LogP contribution >= 0.6 is 0 Å². The second-order valence-corrected chi connectivity index (χ2v) is 4.49. The average molecular weight is 196 g/mol. The molecule has 1 aromatic heterocycles. The summed E-state index contributed by atoms with van der Waals surface area (Å²) in [4.78, 5) is 11.0. The van der Waals surface area contributed by atoms with Crippen LogP contribution in [-0.2, 0) is 12.5 Å². The largest absolute Gasteiger partial charge is 0.476 e. The molecule has 0 amide bonds. The van der Waals surface area contributed by atoms with E-state index < -0.39 is 5.97 Å². The van der Waals surface area contributed by atoms with Gasteiger partial charge in [0.25, 0.3) is 0 Å². The molecule has 0 aliphatic heterocycles. The lowest BCUT2D eigenvalue weighted by Gasteiger charge is -2.18. The summed E-state index contributed by atoms with van der Waals surface area (Å²) in [5, 5.41) is 13.0. The molecular formula is C10H16N2O2. The molecule has 0 aromatic carbocycles. The highest BCUT2D eigenvalue weighted by molar-refractivity contribution is 5.87. The van der Waals surface area contributed by atoms with Gasteiger partial charge in [-0.05, 0) is 12.3 Å². The molecule has 0 unspecified atom stereocenters. The van der Waals surface area contributed by atoms with Crippen molar-refractivity contribution in [3.05, 3.63) is 17.0 Å². The molecule has 0 atom stereocenters. The molecule has 0 fully saturated rings. The van der Waals surface area contributed by atoms with E-state index in [2.05, 4.69) is 5.10 Å². The van der Waals surface area contributed by atoms with E-state index in [0.717, 1.165) is 11.3 Å². The number of carboxylic acids is 1. The van der Waals surface area contributed by atoms with E-state index in [1.807, 2.05) is 27.7 Å². The van der Waals surface area contributed by atoms with Crippen molar-refractivity contribution in [2.45, 2.75) is 33.1 Å². The number of aromatic nitrogens is 2. The van der Waals surface area contributed by atoms with Crippen LogP contribution in [0.3, 0.4) is 0 Å². The number of hydrogen-bond donors (Lipinski definition) is 1. The molecule has 1 rings (SSSR count). The van der Waals surface area contributed by atoms with Gasteiger partial charge in [0.15, 0.2) is 5.69 Å². The molecule has 1 aromatic rings. The van der Waals surface area contributed by atoms with Crippen LogP contribution in [0, 0.1) is 6.92 Å². The normalized spacial score (nSPS) is 11.8. The van der Waals surface area contributed by atoms with Crippen LogP contribution < -0.4 is 0 Å².